The van der Waals surface area contributed by atoms with Crippen LogP contribution in [0.15, 0.2) is 24.3 Å². The maximum Gasteiger partial charge on any atom is 0.328 e. The van der Waals surface area contributed by atoms with Gasteiger partial charge in [0.1, 0.15) is 0 Å². The molecule has 0 aliphatic carbocycles. The first-order valence-electron chi connectivity index (χ1n) is 8.23. The fraction of sp³-hybridized carbons (Fsp3) is 0.389. The molecule has 0 unspecified atom stereocenters. The molecule has 0 saturated heterocycles. The molecule has 1 aliphatic rings. The Labute approximate surface area is 150 Å². The average molecular weight is 361 g/mol. The number of ether oxygens (including phenoxy) is 2. The van der Waals surface area contributed by atoms with E-state index in [-0.39, 0.29) is 37.3 Å². The lowest BCUT2D eigenvalue weighted by molar-refractivity contribution is -0.164. The number of carbonyl (C=O) groups is 5. The predicted molar refractivity (Wildman–Crippen MR) is 88.2 cm³/mol. The summed E-state index contributed by atoms with van der Waals surface area (Å²) in [4.78, 5) is 61.7. The van der Waals surface area contributed by atoms with Gasteiger partial charge in [-0.05, 0) is 26.0 Å². The van der Waals surface area contributed by atoms with Crippen LogP contribution in [0.1, 0.15) is 41.0 Å². The monoisotopic (exact) mass is 361 g/mol. The summed E-state index contributed by atoms with van der Waals surface area (Å²) in [5.41, 5.74) is 0.523. The Morgan fingerprint density at radius 2 is 1.38 bits per heavy atom. The van der Waals surface area contributed by atoms with E-state index in [1.165, 1.54) is 12.1 Å². The summed E-state index contributed by atoms with van der Waals surface area (Å²) in [5, 5.41) is 0. The third-order valence-corrected chi connectivity index (χ3v) is 3.83. The van der Waals surface area contributed by atoms with Gasteiger partial charge in [-0.2, -0.15) is 0 Å². The van der Waals surface area contributed by atoms with Crippen molar-refractivity contribution >= 4 is 29.5 Å². The highest BCUT2D eigenvalue weighted by atomic mass is 16.6. The maximum absolute atomic E-state index is 12.4. The number of imide groups is 1. The van der Waals surface area contributed by atoms with Gasteiger partial charge in [-0.3, -0.25) is 28.9 Å². The van der Waals surface area contributed by atoms with Gasteiger partial charge in [-0.1, -0.05) is 12.1 Å². The van der Waals surface area contributed by atoms with Crippen LogP contribution < -0.4 is 0 Å². The Kier molecular flexibility index (Phi) is 6.21. The van der Waals surface area contributed by atoms with E-state index < -0.39 is 35.5 Å². The van der Waals surface area contributed by atoms with Crippen LogP contribution in [-0.4, -0.2) is 54.2 Å². The minimum Gasteiger partial charge on any atom is -0.465 e. The van der Waals surface area contributed by atoms with Crippen molar-refractivity contribution in [3.63, 3.8) is 0 Å². The van der Waals surface area contributed by atoms with Crippen molar-refractivity contribution in [1.29, 1.82) is 0 Å². The van der Waals surface area contributed by atoms with Crippen molar-refractivity contribution in [2.75, 3.05) is 19.8 Å². The Morgan fingerprint density at radius 1 is 0.923 bits per heavy atom. The number of carbonyl (C=O) groups excluding carboxylic acids is 5. The van der Waals surface area contributed by atoms with Crippen LogP contribution in [-0.2, 0) is 23.9 Å². The Morgan fingerprint density at radius 3 is 1.81 bits per heavy atom. The molecule has 0 atom stereocenters. The summed E-state index contributed by atoms with van der Waals surface area (Å²) in [6, 6.07) is 6.32. The first-order chi connectivity index (χ1) is 12.4. The highest BCUT2D eigenvalue weighted by Gasteiger charge is 2.39. The van der Waals surface area contributed by atoms with Gasteiger partial charge < -0.3 is 9.47 Å². The maximum atomic E-state index is 12.4. The quantitative estimate of drug-likeness (QED) is 0.386. The second-order valence-electron chi connectivity index (χ2n) is 5.46. The standard InChI is InChI=1S/C18H19NO7/c1-3-25-17(23)14(18(24)26-4-2)13(20)9-10-19-15(21)11-7-5-6-8-12(11)16(19)22/h5-8,14H,3-4,9-10H2,1-2H3. The number of Topliss-reactive ketones (excluding diaryl/α,β-unsaturated/α-hetero) is 1. The molecule has 8 heteroatoms. The molecule has 138 valence electrons. The number of hydrogen-bond donors (Lipinski definition) is 0. The lowest BCUT2D eigenvalue weighted by Gasteiger charge is -2.16. The molecule has 1 aromatic carbocycles. The third-order valence-electron chi connectivity index (χ3n) is 3.83. The van der Waals surface area contributed by atoms with Crippen LogP contribution in [0.3, 0.4) is 0 Å². The molecular formula is C18H19NO7. The van der Waals surface area contributed by atoms with Crippen molar-refractivity contribution in [1.82, 2.24) is 4.90 Å². The molecule has 1 heterocycles. The van der Waals surface area contributed by atoms with Gasteiger partial charge in [0, 0.05) is 13.0 Å². The van der Waals surface area contributed by atoms with E-state index in [1.54, 1.807) is 26.0 Å². The first-order valence-corrected chi connectivity index (χ1v) is 8.23. The van der Waals surface area contributed by atoms with Gasteiger partial charge in [-0.15, -0.1) is 0 Å². The van der Waals surface area contributed by atoms with Crippen molar-refractivity contribution < 1.29 is 33.4 Å². The minimum absolute atomic E-state index is 0.000421. The Bertz CT molecular complexity index is 703. The van der Waals surface area contributed by atoms with E-state index in [0.29, 0.717) is 0 Å². The zero-order valence-electron chi connectivity index (χ0n) is 14.5. The highest BCUT2D eigenvalue weighted by molar-refractivity contribution is 6.21. The third kappa shape index (κ3) is 3.79. The molecular weight excluding hydrogens is 342 g/mol. The van der Waals surface area contributed by atoms with Crippen molar-refractivity contribution in [2.45, 2.75) is 20.3 Å². The van der Waals surface area contributed by atoms with Crippen LogP contribution >= 0.6 is 0 Å². The van der Waals surface area contributed by atoms with Crippen molar-refractivity contribution in [2.24, 2.45) is 5.92 Å². The number of hydrogen-bond acceptors (Lipinski definition) is 7. The normalized spacial score (nSPS) is 13.0. The highest BCUT2D eigenvalue weighted by Crippen LogP contribution is 2.23. The fourth-order valence-electron chi connectivity index (χ4n) is 2.62. The number of fused-ring (bicyclic) bond motifs is 1. The van der Waals surface area contributed by atoms with Crippen LogP contribution in [0.5, 0.6) is 0 Å². The summed E-state index contributed by atoms with van der Waals surface area (Å²) in [5.74, 6) is -5.51. The predicted octanol–water partition coefficient (Wildman–Crippen LogP) is 0.984. The topological polar surface area (TPSA) is 107 Å². The largest absolute Gasteiger partial charge is 0.465 e. The molecule has 0 bridgehead atoms. The molecule has 0 fully saturated rings. The molecule has 0 radical (unpaired) electrons. The lowest BCUT2D eigenvalue weighted by Crippen LogP contribution is -2.38. The van der Waals surface area contributed by atoms with Gasteiger partial charge in [0.05, 0.1) is 24.3 Å². The zero-order valence-corrected chi connectivity index (χ0v) is 14.5. The fourth-order valence-corrected chi connectivity index (χ4v) is 2.62. The number of amides is 2. The number of ketones is 1. The summed E-state index contributed by atoms with van der Waals surface area (Å²) in [7, 11) is 0. The van der Waals surface area contributed by atoms with E-state index in [1.807, 2.05) is 0 Å². The molecule has 0 aromatic heterocycles. The summed E-state index contributed by atoms with van der Waals surface area (Å²) < 4.78 is 9.50. The van der Waals surface area contributed by atoms with Gasteiger partial charge in [0.25, 0.3) is 11.8 Å². The van der Waals surface area contributed by atoms with E-state index in [4.69, 9.17) is 9.47 Å². The first kappa shape index (κ1) is 19.3. The van der Waals surface area contributed by atoms with Crippen LogP contribution in [0.2, 0.25) is 0 Å². The minimum atomic E-state index is -1.72. The van der Waals surface area contributed by atoms with E-state index in [9.17, 15) is 24.0 Å². The van der Waals surface area contributed by atoms with E-state index in [0.717, 1.165) is 4.90 Å². The smallest absolute Gasteiger partial charge is 0.328 e. The van der Waals surface area contributed by atoms with Gasteiger partial charge in [0.2, 0.25) is 5.92 Å². The summed E-state index contributed by atoms with van der Waals surface area (Å²) >= 11 is 0. The molecule has 0 spiro atoms. The second-order valence-corrected chi connectivity index (χ2v) is 5.46. The Hall–Kier alpha value is -3.03. The number of nitrogens with zero attached hydrogens (tertiary/aromatic N) is 1. The molecule has 2 rings (SSSR count). The average Bonchev–Trinajstić information content (AvgIpc) is 2.85. The molecule has 0 N–H and O–H groups in total. The summed E-state index contributed by atoms with van der Waals surface area (Å²) in [6.07, 6.45) is -0.353. The SMILES string of the molecule is CCOC(=O)C(C(=O)CCN1C(=O)c2ccccc2C1=O)C(=O)OCC. The van der Waals surface area contributed by atoms with E-state index in [2.05, 4.69) is 0 Å². The van der Waals surface area contributed by atoms with Crippen molar-refractivity contribution in [3.05, 3.63) is 35.4 Å². The van der Waals surface area contributed by atoms with Crippen LogP contribution in [0, 0.1) is 5.92 Å². The zero-order chi connectivity index (χ0) is 19.3. The summed E-state index contributed by atoms with van der Waals surface area (Å²) in [6.45, 7) is 2.86. The lowest BCUT2D eigenvalue weighted by atomic mass is 10.0. The van der Waals surface area contributed by atoms with Crippen molar-refractivity contribution in [3.8, 4) is 0 Å². The molecule has 8 nitrogen and oxygen atoms in total. The van der Waals surface area contributed by atoms with Gasteiger partial charge in [0.15, 0.2) is 5.78 Å². The molecule has 1 aliphatic heterocycles. The van der Waals surface area contributed by atoms with Gasteiger partial charge >= 0.3 is 11.9 Å². The molecule has 1 aromatic rings. The van der Waals surface area contributed by atoms with E-state index >= 15 is 0 Å². The molecule has 0 saturated carbocycles. The number of benzene rings is 1. The Balaban J connectivity index is 2.08. The molecule has 26 heavy (non-hydrogen) atoms. The van der Waals surface area contributed by atoms with Crippen LogP contribution in [0.25, 0.3) is 0 Å². The number of esters is 2. The number of rotatable bonds is 8. The van der Waals surface area contributed by atoms with Gasteiger partial charge in [-0.25, -0.2) is 0 Å². The molecule has 2 amide bonds. The second kappa shape index (κ2) is 8.37. The van der Waals surface area contributed by atoms with Crippen LogP contribution in [0.4, 0.5) is 0 Å².